The fourth-order valence-corrected chi connectivity index (χ4v) is 0.267. The fraction of sp³-hybridized carbons (Fsp3) is 0.500. The minimum Gasteiger partial charge on any atom is -0.147 e. The summed E-state index contributed by atoms with van der Waals surface area (Å²) in [5.74, 6) is 0.635. The zero-order chi connectivity index (χ0) is 4.12. The number of alkyl halides is 1. The molecule has 0 nitrogen and oxygen atoms in total. The van der Waals surface area contributed by atoms with E-state index in [2.05, 4.69) is 0 Å². The van der Waals surface area contributed by atoms with Gasteiger partial charge in [0.15, 0.2) is 0 Å². The Kier molecular flexibility index (Phi) is 14.4. The summed E-state index contributed by atoms with van der Waals surface area (Å²) in [7, 11) is 0. The van der Waals surface area contributed by atoms with Crippen LogP contribution >= 0.6 is 24.0 Å². The first kappa shape index (κ1) is 9.58. The first-order valence-corrected chi connectivity index (χ1v) is 2.12. The van der Waals surface area contributed by atoms with Gasteiger partial charge in [0.25, 0.3) is 0 Å². The van der Waals surface area contributed by atoms with Crippen molar-refractivity contribution >= 4 is 24.0 Å². The Morgan fingerprint density at radius 3 is 2.17 bits per heavy atom. The van der Waals surface area contributed by atoms with Crippen molar-refractivity contribution in [1.82, 2.24) is 0 Å². The molecule has 0 bridgehead atoms. The van der Waals surface area contributed by atoms with Crippen molar-refractivity contribution in [3.05, 3.63) is 12.2 Å². The number of rotatable bonds is 1. The lowest BCUT2D eigenvalue weighted by molar-refractivity contribution is 1.65. The van der Waals surface area contributed by atoms with Crippen LogP contribution < -0.4 is 0 Å². The lowest BCUT2D eigenvalue weighted by Gasteiger charge is -1.63. The molecule has 0 amide bonds. The Morgan fingerprint density at radius 2 is 2.17 bits per heavy atom. The highest BCUT2D eigenvalue weighted by Gasteiger charge is 1.54. The topological polar surface area (TPSA) is 0 Å². The number of halogens is 2. The number of hydrogen-bond acceptors (Lipinski definition) is 0. The molecule has 38 valence electrons. The SMILES string of the molecule is C/C=C/CCl.Cl. The molecule has 6 heavy (non-hydrogen) atoms. The number of hydrogen-bond donors (Lipinski definition) is 0. The van der Waals surface area contributed by atoms with E-state index in [1.807, 2.05) is 19.1 Å². The van der Waals surface area contributed by atoms with E-state index >= 15 is 0 Å². The van der Waals surface area contributed by atoms with E-state index in [9.17, 15) is 0 Å². The van der Waals surface area contributed by atoms with Crippen LogP contribution in [-0.2, 0) is 0 Å². The fourth-order valence-electron chi connectivity index (χ4n) is 0.0891. The molecule has 0 rings (SSSR count). The van der Waals surface area contributed by atoms with Gasteiger partial charge in [-0.3, -0.25) is 0 Å². The molecule has 0 fully saturated rings. The van der Waals surface area contributed by atoms with Gasteiger partial charge < -0.3 is 0 Å². The summed E-state index contributed by atoms with van der Waals surface area (Å²) in [4.78, 5) is 0. The van der Waals surface area contributed by atoms with E-state index in [0.29, 0.717) is 5.88 Å². The van der Waals surface area contributed by atoms with Gasteiger partial charge in [-0.1, -0.05) is 12.2 Å². The Bertz CT molecular complexity index is 32.5. The van der Waals surface area contributed by atoms with E-state index < -0.39 is 0 Å². The lowest BCUT2D eigenvalue weighted by atomic mass is 10.6. The Hall–Kier alpha value is 0.320. The summed E-state index contributed by atoms with van der Waals surface area (Å²) in [5, 5.41) is 0. The molecule has 0 spiro atoms. The Balaban J connectivity index is 0. The van der Waals surface area contributed by atoms with Gasteiger partial charge in [-0.15, -0.1) is 24.0 Å². The first-order valence-electron chi connectivity index (χ1n) is 1.59. The molecule has 2 heteroatoms. The standard InChI is InChI=1S/C4H7Cl.ClH/c1-2-3-4-5;/h2-3H,4H2,1H3;1H/b3-2+;. The molecule has 0 heterocycles. The van der Waals surface area contributed by atoms with Crippen molar-refractivity contribution in [2.24, 2.45) is 0 Å². The quantitative estimate of drug-likeness (QED) is 0.374. The van der Waals surface area contributed by atoms with E-state index in [4.69, 9.17) is 11.6 Å². The van der Waals surface area contributed by atoms with Gasteiger partial charge >= 0.3 is 0 Å². The van der Waals surface area contributed by atoms with Gasteiger partial charge in [-0.25, -0.2) is 0 Å². The minimum absolute atomic E-state index is 0. The van der Waals surface area contributed by atoms with Crippen LogP contribution in [0, 0.1) is 0 Å². The van der Waals surface area contributed by atoms with Crippen molar-refractivity contribution in [3.8, 4) is 0 Å². The van der Waals surface area contributed by atoms with E-state index in [0.717, 1.165) is 0 Å². The summed E-state index contributed by atoms with van der Waals surface area (Å²) in [5.41, 5.74) is 0. The molecular weight excluding hydrogens is 119 g/mol. The molecule has 0 aliphatic rings. The van der Waals surface area contributed by atoms with Crippen molar-refractivity contribution in [1.29, 1.82) is 0 Å². The molecule has 0 radical (unpaired) electrons. The molecule has 0 saturated carbocycles. The molecule has 0 aromatic rings. The average Bonchev–Trinajstić information content (AvgIpc) is 1.41. The predicted molar refractivity (Wildman–Crippen MR) is 32.8 cm³/mol. The third-order valence-electron chi connectivity index (χ3n) is 0.325. The number of allylic oxidation sites excluding steroid dienone is 2. The molecule has 0 aliphatic heterocycles. The van der Waals surface area contributed by atoms with E-state index in [1.54, 1.807) is 0 Å². The zero-order valence-electron chi connectivity index (χ0n) is 3.65. The normalized spacial score (nSPS) is 8.33. The summed E-state index contributed by atoms with van der Waals surface area (Å²) in [6, 6.07) is 0. The van der Waals surface area contributed by atoms with Crippen LogP contribution in [0.4, 0.5) is 0 Å². The maximum Gasteiger partial charge on any atom is 0.0404 e. The van der Waals surface area contributed by atoms with Crippen molar-refractivity contribution in [2.45, 2.75) is 6.92 Å². The summed E-state index contributed by atoms with van der Waals surface area (Å²) in [6.07, 6.45) is 3.81. The maximum atomic E-state index is 5.21. The molecule has 0 aromatic carbocycles. The summed E-state index contributed by atoms with van der Waals surface area (Å²) < 4.78 is 0. The minimum atomic E-state index is 0. The van der Waals surface area contributed by atoms with Crippen LogP contribution in [0.25, 0.3) is 0 Å². The van der Waals surface area contributed by atoms with E-state index in [-0.39, 0.29) is 12.4 Å². The smallest absolute Gasteiger partial charge is 0.0404 e. The van der Waals surface area contributed by atoms with Gasteiger partial charge in [-0.05, 0) is 6.92 Å². The van der Waals surface area contributed by atoms with Crippen LogP contribution in [0.3, 0.4) is 0 Å². The molecule has 0 atom stereocenters. The van der Waals surface area contributed by atoms with Crippen molar-refractivity contribution < 1.29 is 0 Å². The van der Waals surface area contributed by atoms with Gasteiger partial charge in [0.1, 0.15) is 0 Å². The van der Waals surface area contributed by atoms with Crippen LogP contribution in [0.15, 0.2) is 12.2 Å². The van der Waals surface area contributed by atoms with E-state index in [1.165, 1.54) is 0 Å². The molecule has 0 aliphatic carbocycles. The largest absolute Gasteiger partial charge is 0.147 e. The van der Waals surface area contributed by atoms with Gasteiger partial charge in [0.2, 0.25) is 0 Å². The maximum absolute atomic E-state index is 5.21. The Labute approximate surface area is 49.6 Å². The summed E-state index contributed by atoms with van der Waals surface area (Å²) in [6.45, 7) is 1.95. The van der Waals surface area contributed by atoms with Crippen LogP contribution in [-0.4, -0.2) is 5.88 Å². The van der Waals surface area contributed by atoms with Crippen LogP contribution in [0.2, 0.25) is 0 Å². The van der Waals surface area contributed by atoms with Crippen molar-refractivity contribution in [2.75, 3.05) is 5.88 Å². The first-order chi connectivity index (χ1) is 2.41. The highest BCUT2D eigenvalue weighted by atomic mass is 35.5. The second kappa shape index (κ2) is 9.01. The van der Waals surface area contributed by atoms with Crippen LogP contribution in [0.1, 0.15) is 6.92 Å². The van der Waals surface area contributed by atoms with Crippen molar-refractivity contribution in [3.63, 3.8) is 0 Å². The zero-order valence-corrected chi connectivity index (χ0v) is 5.22. The molecule has 0 N–H and O–H groups in total. The highest BCUT2D eigenvalue weighted by molar-refractivity contribution is 6.18. The lowest BCUT2D eigenvalue weighted by Crippen LogP contribution is -1.50. The monoisotopic (exact) mass is 126 g/mol. The van der Waals surface area contributed by atoms with Gasteiger partial charge in [-0.2, -0.15) is 0 Å². The van der Waals surface area contributed by atoms with Crippen LogP contribution in [0.5, 0.6) is 0 Å². The predicted octanol–water partition coefficient (Wildman–Crippen LogP) is 2.22. The Morgan fingerprint density at radius 1 is 1.67 bits per heavy atom. The third-order valence-corrected chi connectivity index (χ3v) is 0.503. The molecule has 0 unspecified atom stereocenters. The highest BCUT2D eigenvalue weighted by Crippen LogP contribution is 1.73. The third kappa shape index (κ3) is 8.85. The van der Waals surface area contributed by atoms with Gasteiger partial charge in [0.05, 0.1) is 0 Å². The molecular formula is C4H8Cl2. The summed E-state index contributed by atoms with van der Waals surface area (Å²) >= 11 is 5.21. The average molecular weight is 127 g/mol. The van der Waals surface area contributed by atoms with Gasteiger partial charge in [0, 0.05) is 5.88 Å². The second-order valence-corrected chi connectivity index (χ2v) is 1.03. The molecule has 0 saturated heterocycles. The second-order valence-electron chi connectivity index (χ2n) is 0.723. The molecule has 0 aromatic heterocycles.